The predicted octanol–water partition coefficient (Wildman–Crippen LogP) is 2.44. The lowest BCUT2D eigenvalue weighted by atomic mass is 10.1. The third-order valence-electron chi connectivity index (χ3n) is 2.65. The quantitative estimate of drug-likeness (QED) is 0.596. The average Bonchev–Trinajstić information content (AvgIpc) is 2.67. The number of nitrogen functional groups attached to an aromatic ring is 1. The molecule has 1 aromatic heterocycles. The van der Waals surface area contributed by atoms with Crippen molar-refractivity contribution in [3.63, 3.8) is 0 Å². The fraction of sp³-hybridized carbons (Fsp3) is 0.167. The molecular formula is C12H13FN4OS. The zero-order chi connectivity index (χ0) is 14.0. The van der Waals surface area contributed by atoms with E-state index in [0.29, 0.717) is 5.13 Å². The number of nitrogens with zero attached hydrogens (tertiary/aromatic N) is 1. The van der Waals surface area contributed by atoms with Gasteiger partial charge in [0.2, 0.25) is 0 Å². The number of carbonyl (C=O) groups is 1. The van der Waals surface area contributed by atoms with Crippen LogP contribution in [-0.4, -0.2) is 10.9 Å². The third kappa shape index (κ3) is 2.72. The van der Waals surface area contributed by atoms with E-state index >= 15 is 0 Å². The number of rotatable bonds is 3. The van der Waals surface area contributed by atoms with Crippen molar-refractivity contribution in [2.24, 2.45) is 5.84 Å². The maximum Gasteiger partial charge on any atom is 0.259 e. The summed E-state index contributed by atoms with van der Waals surface area (Å²) in [4.78, 5) is 17.3. The van der Waals surface area contributed by atoms with Gasteiger partial charge in [-0.15, -0.1) is 11.3 Å². The summed E-state index contributed by atoms with van der Waals surface area (Å²) in [5.74, 6) is 4.19. The van der Waals surface area contributed by atoms with Crippen LogP contribution in [0.2, 0.25) is 0 Å². The summed E-state index contributed by atoms with van der Waals surface area (Å²) in [6, 6.07) is 4.16. The van der Waals surface area contributed by atoms with Crippen molar-refractivity contribution in [3.05, 3.63) is 40.2 Å². The first-order chi connectivity index (χ1) is 9.02. The molecule has 0 saturated carbocycles. The van der Waals surface area contributed by atoms with Crippen molar-refractivity contribution >= 4 is 28.1 Å². The number of amides is 1. The van der Waals surface area contributed by atoms with Gasteiger partial charge in [0, 0.05) is 4.88 Å². The van der Waals surface area contributed by atoms with Crippen LogP contribution in [-0.2, 0) is 0 Å². The zero-order valence-corrected chi connectivity index (χ0v) is 11.3. The van der Waals surface area contributed by atoms with Gasteiger partial charge in [-0.1, -0.05) is 6.07 Å². The summed E-state index contributed by atoms with van der Waals surface area (Å²) >= 11 is 1.37. The molecule has 19 heavy (non-hydrogen) atoms. The molecule has 100 valence electrons. The molecule has 0 aliphatic rings. The summed E-state index contributed by atoms with van der Waals surface area (Å²) in [5, 5.41) is 3.11. The third-order valence-corrected chi connectivity index (χ3v) is 3.64. The lowest BCUT2D eigenvalue weighted by molar-refractivity contribution is 0.102. The lowest BCUT2D eigenvalue weighted by Gasteiger charge is -2.08. The number of aromatic nitrogens is 1. The van der Waals surface area contributed by atoms with Crippen LogP contribution in [0.25, 0.3) is 0 Å². The molecular weight excluding hydrogens is 267 g/mol. The van der Waals surface area contributed by atoms with E-state index in [0.717, 1.165) is 10.6 Å². The largest absolute Gasteiger partial charge is 0.321 e. The number of hydrogen-bond donors (Lipinski definition) is 3. The summed E-state index contributed by atoms with van der Waals surface area (Å²) < 4.78 is 13.5. The smallest absolute Gasteiger partial charge is 0.259 e. The Labute approximate surface area is 113 Å². The first-order valence-electron chi connectivity index (χ1n) is 5.53. The molecule has 5 nitrogen and oxygen atoms in total. The number of anilines is 2. The normalized spacial score (nSPS) is 10.3. The molecule has 0 aliphatic heterocycles. The number of halogens is 1. The minimum atomic E-state index is -0.582. The monoisotopic (exact) mass is 280 g/mol. The zero-order valence-electron chi connectivity index (χ0n) is 10.5. The molecule has 0 bridgehead atoms. The molecule has 0 saturated heterocycles. The van der Waals surface area contributed by atoms with Crippen LogP contribution in [0.4, 0.5) is 15.2 Å². The fourth-order valence-electron chi connectivity index (χ4n) is 1.55. The molecule has 0 unspecified atom stereocenters. The molecule has 7 heteroatoms. The van der Waals surface area contributed by atoms with Crippen LogP contribution in [0, 0.1) is 19.7 Å². The summed E-state index contributed by atoms with van der Waals surface area (Å²) in [6.45, 7) is 3.77. The highest BCUT2D eigenvalue weighted by molar-refractivity contribution is 7.15. The molecule has 0 radical (unpaired) electrons. The Bertz CT molecular complexity index is 607. The van der Waals surface area contributed by atoms with Gasteiger partial charge in [0.1, 0.15) is 5.82 Å². The first kappa shape index (κ1) is 13.4. The van der Waals surface area contributed by atoms with Crippen LogP contribution in [0.5, 0.6) is 0 Å². The number of nitrogens with two attached hydrogens (primary N) is 1. The maximum atomic E-state index is 13.5. The van der Waals surface area contributed by atoms with Crippen molar-refractivity contribution in [2.45, 2.75) is 13.8 Å². The second-order valence-electron chi connectivity index (χ2n) is 3.92. The van der Waals surface area contributed by atoms with Crippen LogP contribution in [0.15, 0.2) is 18.2 Å². The molecule has 0 spiro atoms. The molecule has 1 amide bonds. The van der Waals surface area contributed by atoms with Gasteiger partial charge in [0.15, 0.2) is 5.13 Å². The molecule has 1 aromatic carbocycles. The SMILES string of the molecule is Cc1nc(NC(=O)c2cccc(F)c2NN)sc1C. The van der Waals surface area contributed by atoms with E-state index in [-0.39, 0.29) is 11.3 Å². The Morgan fingerprint density at radius 3 is 2.74 bits per heavy atom. The maximum absolute atomic E-state index is 13.5. The second kappa shape index (κ2) is 5.33. The van der Waals surface area contributed by atoms with E-state index in [1.54, 1.807) is 0 Å². The Morgan fingerprint density at radius 2 is 2.16 bits per heavy atom. The van der Waals surface area contributed by atoms with Crippen LogP contribution in [0.1, 0.15) is 20.9 Å². The number of nitrogens with one attached hydrogen (secondary N) is 2. The number of aryl methyl sites for hydroxylation is 2. The second-order valence-corrected chi connectivity index (χ2v) is 5.12. The summed E-state index contributed by atoms with van der Waals surface area (Å²) in [6.07, 6.45) is 0. The fourth-order valence-corrected chi connectivity index (χ4v) is 2.36. The minimum absolute atomic E-state index is 0.0370. The summed E-state index contributed by atoms with van der Waals surface area (Å²) in [5.41, 5.74) is 3.15. The highest BCUT2D eigenvalue weighted by Crippen LogP contribution is 2.24. The Hall–Kier alpha value is -1.99. The Morgan fingerprint density at radius 1 is 1.42 bits per heavy atom. The van der Waals surface area contributed by atoms with Crippen LogP contribution < -0.4 is 16.6 Å². The number of thiazole rings is 1. The van der Waals surface area contributed by atoms with E-state index in [1.807, 2.05) is 13.8 Å². The highest BCUT2D eigenvalue weighted by Gasteiger charge is 2.16. The number of carbonyl (C=O) groups excluding carboxylic acids is 1. The van der Waals surface area contributed by atoms with Gasteiger partial charge in [0.05, 0.1) is 16.9 Å². The van der Waals surface area contributed by atoms with Crippen LogP contribution >= 0.6 is 11.3 Å². The molecule has 0 aliphatic carbocycles. The topological polar surface area (TPSA) is 80.0 Å². The van der Waals surface area contributed by atoms with Gasteiger partial charge in [-0.25, -0.2) is 9.37 Å². The van der Waals surface area contributed by atoms with E-state index in [4.69, 9.17) is 5.84 Å². The summed E-state index contributed by atoms with van der Waals surface area (Å²) in [7, 11) is 0. The van der Waals surface area contributed by atoms with Crippen molar-refractivity contribution in [2.75, 3.05) is 10.7 Å². The molecule has 2 rings (SSSR count). The molecule has 4 N–H and O–H groups in total. The Balaban J connectivity index is 2.27. The number of benzene rings is 1. The Kier molecular flexibility index (Phi) is 3.77. The molecule has 1 heterocycles. The first-order valence-corrected chi connectivity index (χ1v) is 6.35. The van der Waals surface area contributed by atoms with Gasteiger partial charge >= 0.3 is 0 Å². The van der Waals surface area contributed by atoms with Crippen molar-refractivity contribution in [1.29, 1.82) is 0 Å². The molecule has 2 aromatic rings. The van der Waals surface area contributed by atoms with E-state index in [1.165, 1.54) is 29.5 Å². The van der Waals surface area contributed by atoms with E-state index in [9.17, 15) is 9.18 Å². The number of hydrogen-bond acceptors (Lipinski definition) is 5. The minimum Gasteiger partial charge on any atom is -0.321 e. The van der Waals surface area contributed by atoms with Gasteiger partial charge in [-0.3, -0.25) is 16.0 Å². The van der Waals surface area contributed by atoms with Crippen molar-refractivity contribution in [1.82, 2.24) is 4.98 Å². The van der Waals surface area contributed by atoms with Crippen LogP contribution in [0.3, 0.4) is 0 Å². The van der Waals surface area contributed by atoms with Crippen molar-refractivity contribution < 1.29 is 9.18 Å². The number of para-hydroxylation sites is 1. The standard InChI is InChI=1S/C12H13FN4OS/c1-6-7(2)19-12(15-6)16-11(18)8-4-3-5-9(13)10(8)17-14/h3-5,17H,14H2,1-2H3,(H,15,16,18). The van der Waals surface area contributed by atoms with Crippen molar-refractivity contribution in [3.8, 4) is 0 Å². The molecule has 0 fully saturated rings. The average molecular weight is 280 g/mol. The predicted molar refractivity (Wildman–Crippen MR) is 73.8 cm³/mol. The number of hydrazine groups is 1. The molecule has 0 atom stereocenters. The van der Waals surface area contributed by atoms with Gasteiger partial charge < -0.3 is 5.43 Å². The van der Waals surface area contributed by atoms with Gasteiger partial charge in [-0.05, 0) is 26.0 Å². The van der Waals surface area contributed by atoms with E-state index < -0.39 is 11.7 Å². The lowest BCUT2D eigenvalue weighted by Crippen LogP contribution is -2.18. The van der Waals surface area contributed by atoms with Gasteiger partial charge in [0.25, 0.3) is 5.91 Å². The van der Waals surface area contributed by atoms with Gasteiger partial charge in [-0.2, -0.15) is 0 Å². The van der Waals surface area contributed by atoms with E-state index in [2.05, 4.69) is 15.7 Å². The highest BCUT2D eigenvalue weighted by atomic mass is 32.1.